The van der Waals surface area contributed by atoms with Gasteiger partial charge in [0.1, 0.15) is 0 Å². The maximum atomic E-state index is 13.4. The first-order valence-corrected chi connectivity index (χ1v) is 5.78. The molecule has 0 unspecified atom stereocenters. The Balaban J connectivity index is 2.20. The molecule has 0 fully saturated rings. The van der Waals surface area contributed by atoms with Gasteiger partial charge in [0.15, 0.2) is 17.4 Å². The van der Waals surface area contributed by atoms with Crippen molar-refractivity contribution in [2.75, 3.05) is 0 Å². The van der Waals surface area contributed by atoms with Crippen molar-refractivity contribution in [3.05, 3.63) is 76.9 Å². The highest BCUT2D eigenvalue weighted by atomic mass is 19.2. The molecule has 0 radical (unpaired) electrons. The fourth-order valence-corrected chi connectivity index (χ4v) is 1.62. The van der Waals surface area contributed by atoms with E-state index in [1.807, 2.05) is 6.07 Å². The maximum Gasteiger partial charge on any atom is 0.185 e. The van der Waals surface area contributed by atoms with E-state index in [9.17, 15) is 13.6 Å². The average molecular weight is 269 g/mol. The van der Waals surface area contributed by atoms with Crippen LogP contribution in [0.5, 0.6) is 0 Å². The number of nitrogens with zero attached hydrogens (tertiary/aromatic N) is 1. The maximum absolute atomic E-state index is 13.4. The summed E-state index contributed by atoms with van der Waals surface area (Å²) in [7, 11) is 0. The largest absolute Gasteiger partial charge is 0.289 e. The standard InChI is InChI=1S/C16H9F2NO/c17-14-3-1-2-13(16(14)18)8-9-15(20)12-6-4-11(10-19)5-7-12/h1-9H/b9-8+. The molecular weight excluding hydrogens is 260 g/mol. The smallest absolute Gasteiger partial charge is 0.185 e. The highest BCUT2D eigenvalue weighted by Crippen LogP contribution is 2.13. The molecule has 0 atom stereocenters. The van der Waals surface area contributed by atoms with Gasteiger partial charge in [-0.3, -0.25) is 4.79 Å². The highest BCUT2D eigenvalue weighted by Gasteiger charge is 2.06. The van der Waals surface area contributed by atoms with E-state index >= 15 is 0 Å². The van der Waals surface area contributed by atoms with E-state index in [2.05, 4.69) is 0 Å². The van der Waals surface area contributed by atoms with E-state index in [0.717, 1.165) is 6.07 Å². The first-order valence-electron chi connectivity index (χ1n) is 5.78. The van der Waals surface area contributed by atoms with Crippen molar-refractivity contribution >= 4 is 11.9 Å². The van der Waals surface area contributed by atoms with Crippen LogP contribution in [0.1, 0.15) is 21.5 Å². The van der Waals surface area contributed by atoms with Gasteiger partial charge in [-0.25, -0.2) is 8.78 Å². The second-order valence-corrected chi connectivity index (χ2v) is 4.03. The summed E-state index contributed by atoms with van der Waals surface area (Å²) in [6.45, 7) is 0. The lowest BCUT2D eigenvalue weighted by Gasteiger charge is -1.98. The van der Waals surface area contributed by atoms with Gasteiger partial charge in [-0.2, -0.15) is 5.26 Å². The molecule has 0 saturated heterocycles. The molecule has 0 heterocycles. The Labute approximate surface area is 114 Å². The molecule has 2 nitrogen and oxygen atoms in total. The van der Waals surface area contributed by atoms with Crippen molar-refractivity contribution in [2.45, 2.75) is 0 Å². The van der Waals surface area contributed by atoms with E-state index < -0.39 is 11.6 Å². The number of carbonyl (C=O) groups excluding carboxylic acids is 1. The third-order valence-electron chi connectivity index (χ3n) is 2.69. The van der Waals surface area contributed by atoms with Crippen molar-refractivity contribution in [3.8, 4) is 6.07 Å². The average Bonchev–Trinajstić information content (AvgIpc) is 2.48. The Morgan fingerprint density at radius 2 is 1.80 bits per heavy atom. The number of hydrogen-bond acceptors (Lipinski definition) is 2. The lowest BCUT2D eigenvalue weighted by Crippen LogP contribution is -1.94. The normalized spacial score (nSPS) is 10.4. The van der Waals surface area contributed by atoms with Gasteiger partial charge in [0.2, 0.25) is 0 Å². The molecule has 4 heteroatoms. The SMILES string of the molecule is N#Cc1ccc(C(=O)/C=C/c2cccc(F)c2F)cc1. The molecule has 20 heavy (non-hydrogen) atoms. The molecule has 0 N–H and O–H groups in total. The van der Waals surface area contributed by atoms with Gasteiger partial charge < -0.3 is 0 Å². The molecule has 0 spiro atoms. The van der Waals surface area contributed by atoms with Crippen molar-refractivity contribution in [1.29, 1.82) is 5.26 Å². The summed E-state index contributed by atoms with van der Waals surface area (Å²) in [5.74, 6) is -2.30. The fraction of sp³-hybridized carbons (Fsp3) is 0. The first kappa shape index (κ1) is 13.6. The van der Waals surface area contributed by atoms with E-state index in [0.29, 0.717) is 11.1 Å². The van der Waals surface area contributed by atoms with Crippen molar-refractivity contribution < 1.29 is 13.6 Å². The Hall–Kier alpha value is -2.80. The van der Waals surface area contributed by atoms with Crippen LogP contribution in [-0.2, 0) is 0 Å². The molecule has 2 rings (SSSR count). The van der Waals surface area contributed by atoms with Crippen LogP contribution in [0, 0.1) is 23.0 Å². The Bertz CT molecular complexity index is 712. The Kier molecular flexibility index (Phi) is 4.02. The molecule has 0 saturated carbocycles. The van der Waals surface area contributed by atoms with Crippen LogP contribution in [0.25, 0.3) is 6.08 Å². The zero-order chi connectivity index (χ0) is 14.5. The van der Waals surface area contributed by atoms with E-state index in [1.54, 1.807) is 0 Å². The minimum absolute atomic E-state index is 0.00648. The van der Waals surface area contributed by atoms with Crippen LogP contribution in [0.3, 0.4) is 0 Å². The predicted molar refractivity (Wildman–Crippen MR) is 70.9 cm³/mol. The number of rotatable bonds is 3. The molecule has 0 aliphatic carbocycles. The third kappa shape index (κ3) is 2.96. The second-order valence-electron chi connectivity index (χ2n) is 4.03. The topological polar surface area (TPSA) is 40.9 Å². The minimum atomic E-state index is -0.989. The lowest BCUT2D eigenvalue weighted by atomic mass is 10.1. The summed E-state index contributed by atoms with van der Waals surface area (Å²) in [4.78, 5) is 11.8. The number of carbonyl (C=O) groups is 1. The third-order valence-corrected chi connectivity index (χ3v) is 2.69. The summed E-state index contributed by atoms with van der Waals surface area (Å²) in [6, 6.07) is 11.7. The van der Waals surface area contributed by atoms with Crippen LogP contribution in [0.4, 0.5) is 8.78 Å². The predicted octanol–water partition coefficient (Wildman–Crippen LogP) is 3.73. The molecule has 0 aliphatic rings. The van der Waals surface area contributed by atoms with E-state index in [1.165, 1.54) is 48.6 Å². The quantitative estimate of drug-likeness (QED) is 0.629. The van der Waals surface area contributed by atoms with Crippen LogP contribution >= 0.6 is 0 Å². The Morgan fingerprint density at radius 1 is 1.10 bits per heavy atom. The molecule has 0 aliphatic heterocycles. The monoisotopic (exact) mass is 269 g/mol. The molecule has 98 valence electrons. The number of halogens is 2. The number of allylic oxidation sites excluding steroid dienone is 1. The van der Waals surface area contributed by atoms with Gasteiger partial charge >= 0.3 is 0 Å². The van der Waals surface area contributed by atoms with Crippen LogP contribution < -0.4 is 0 Å². The number of ketones is 1. The summed E-state index contributed by atoms with van der Waals surface area (Å²) in [5, 5.41) is 8.65. The van der Waals surface area contributed by atoms with Crippen LogP contribution in [0.15, 0.2) is 48.5 Å². The fourth-order valence-electron chi connectivity index (χ4n) is 1.62. The summed E-state index contributed by atoms with van der Waals surface area (Å²) in [6.07, 6.45) is 2.39. The highest BCUT2D eigenvalue weighted by molar-refractivity contribution is 6.06. The van der Waals surface area contributed by atoms with Crippen molar-refractivity contribution in [1.82, 2.24) is 0 Å². The van der Waals surface area contributed by atoms with Gasteiger partial charge in [-0.15, -0.1) is 0 Å². The molecule has 0 bridgehead atoms. The molecule has 2 aromatic carbocycles. The van der Waals surface area contributed by atoms with Gasteiger partial charge in [0.25, 0.3) is 0 Å². The van der Waals surface area contributed by atoms with Crippen LogP contribution in [0.2, 0.25) is 0 Å². The minimum Gasteiger partial charge on any atom is -0.289 e. The van der Waals surface area contributed by atoms with Gasteiger partial charge in [0.05, 0.1) is 11.6 Å². The molecule has 0 aromatic heterocycles. The van der Waals surface area contributed by atoms with Gasteiger partial charge in [-0.1, -0.05) is 12.1 Å². The zero-order valence-corrected chi connectivity index (χ0v) is 10.3. The number of benzene rings is 2. The zero-order valence-electron chi connectivity index (χ0n) is 10.3. The van der Waals surface area contributed by atoms with Gasteiger partial charge in [0, 0.05) is 11.1 Å². The molecular formula is C16H9F2NO. The summed E-state index contributed by atoms with van der Waals surface area (Å²) < 4.78 is 26.4. The molecule has 2 aromatic rings. The lowest BCUT2D eigenvalue weighted by molar-refractivity contribution is 0.104. The summed E-state index contributed by atoms with van der Waals surface area (Å²) in [5.41, 5.74) is 0.825. The van der Waals surface area contributed by atoms with E-state index in [-0.39, 0.29) is 11.3 Å². The Morgan fingerprint density at radius 3 is 2.45 bits per heavy atom. The van der Waals surface area contributed by atoms with Gasteiger partial charge in [-0.05, 0) is 42.5 Å². The number of nitriles is 1. The van der Waals surface area contributed by atoms with Crippen molar-refractivity contribution in [3.63, 3.8) is 0 Å². The van der Waals surface area contributed by atoms with Crippen LogP contribution in [-0.4, -0.2) is 5.78 Å². The van der Waals surface area contributed by atoms with Crippen molar-refractivity contribution in [2.24, 2.45) is 0 Å². The van der Waals surface area contributed by atoms with E-state index in [4.69, 9.17) is 5.26 Å². The summed E-state index contributed by atoms with van der Waals surface area (Å²) >= 11 is 0. The molecule has 0 amide bonds. The first-order chi connectivity index (χ1) is 9.61. The number of hydrogen-bond donors (Lipinski definition) is 0. The second kappa shape index (κ2) is 5.89.